The minimum absolute atomic E-state index is 0.000653. The Balaban J connectivity index is 1.50. The summed E-state index contributed by atoms with van der Waals surface area (Å²) in [6, 6.07) is 9.42. The molecule has 0 saturated heterocycles. The number of benzene rings is 2. The maximum absolute atomic E-state index is 12.1. The zero-order valence-corrected chi connectivity index (χ0v) is 22.1. The lowest BCUT2D eigenvalue weighted by Crippen LogP contribution is -2.08. The molecule has 2 heterocycles. The van der Waals surface area contributed by atoms with E-state index in [0.717, 1.165) is 53.6 Å². The highest BCUT2D eigenvalue weighted by molar-refractivity contribution is 7.91. The molecule has 37 heavy (non-hydrogen) atoms. The number of esters is 1. The molecule has 5 rings (SSSR count). The van der Waals surface area contributed by atoms with Gasteiger partial charge < -0.3 is 14.2 Å². The number of sulfone groups is 2. The molecule has 1 N–H and O–H groups in total. The van der Waals surface area contributed by atoms with Crippen LogP contribution >= 0.6 is 0 Å². The van der Waals surface area contributed by atoms with Gasteiger partial charge in [0.15, 0.2) is 19.7 Å². The van der Waals surface area contributed by atoms with Crippen LogP contribution in [0.5, 0.6) is 0 Å². The van der Waals surface area contributed by atoms with Gasteiger partial charge in [-0.2, -0.15) is 4.98 Å². The molecule has 0 saturated carbocycles. The number of hydrogen-bond acceptors (Lipinski definition) is 9. The van der Waals surface area contributed by atoms with Crippen LogP contribution in [-0.2, 0) is 35.6 Å². The van der Waals surface area contributed by atoms with Crippen LogP contribution in [-0.4, -0.2) is 57.0 Å². The van der Waals surface area contributed by atoms with Crippen LogP contribution in [0, 0.1) is 0 Å². The molecule has 0 amide bonds. The van der Waals surface area contributed by atoms with Crippen LogP contribution in [0.15, 0.2) is 50.7 Å². The minimum Gasteiger partial charge on any atom is -0.466 e. The van der Waals surface area contributed by atoms with E-state index in [2.05, 4.69) is 15.1 Å². The molecule has 194 valence electrons. The van der Waals surface area contributed by atoms with Crippen LogP contribution in [0.2, 0.25) is 0 Å². The van der Waals surface area contributed by atoms with Crippen molar-refractivity contribution in [3.8, 4) is 22.8 Å². The third kappa shape index (κ3) is 4.90. The highest BCUT2D eigenvalue weighted by Gasteiger charge is 2.29. The molecular formula is C25H25N3O7S2. The predicted octanol–water partition coefficient (Wildman–Crippen LogP) is 3.67. The Morgan fingerprint density at radius 2 is 1.76 bits per heavy atom. The van der Waals surface area contributed by atoms with Crippen molar-refractivity contribution in [3.05, 3.63) is 47.7 Å². The number of carbonyl (C=O) groups excluding carboxylic acids is 1. The molecule has 1 atom stereocenters. The van der Waals surface area contributed by atoms with E-state index in [4.69, 9.17) is 9.26 Å². The van der Waals surface area contributed by atoms with Crippen molar-refractivity contribution in [1.82, 2.24) is 15.1 Å². The fraction of sp³-hybridized carbons (Fsp3) is 0.320. The number of fused-ring (bicyclic) bond motifs is 3. The molecule has 1 aliphatic rings. The van der Waals surface area contributed by atoms with E-state index in [0.29, 0.717) is 18.6 Å². The second-order valence-corrected chi connectivity index (χ2v) is 13.2. The number of hydrogen-bond donors (Lipinski definition) is 1. The summed E-state index contributed by atoms with van der Waals surface area (Å²) in [4.78, 5) is 19.5. The fourth-order valence-electron chi connectivity index (χ4n) is 4.69. The summed E-state index contributed by atoms with van der Waals surface area (Å²) < 4.78 is 59.1. The normalized spacial score (nSPS) is 15.7. The number of ether oxygens (including phenoxy) is 1. The first-order valence-corrected chi connectivity index (χ1v) is 15.4. The number of nitrogens with zero attached hydrogens (tertiary/aromatic N) is 2. The Bertz CT molecular complexity index is 1700. The van der Waals surface area contributed by atoms with Crippen molar-refractivity contribution in [3.63, 3.8) is 0 Å². The lowest BCUT2D eigenvalue weighted by atomic mass is 10.0. The smallest absolute Gasteiger partial charge is 0.306 e. The summed E-state index contributed by atoms with van der Waals surface area (Å²) in [5.41, 5.74) is 3.99. The summed E-state index contributed by atoms with van der Waals surface area (Å²) in [6.07, 6.45) is 4.01. The van der Waals surface area contributed by atoms with Crippen molar-refractivity contribution in [1.29, 1.82) is 0 Å². The topological polar surface area (TPSA) is 149 Å². The quantitative estimate of drug-likeness (QED) is 0.344. The molecule has 1 unspecified atom stereocenters. The van der Waals surface area contributed by atoms with Crippen LogP contribution in [0.1, 0.15) is 36.9 Å². The van der Waals surface area contributed by atoms with Crippen LogP contribution in [0.25, 0.3) is 33.7 Å². The summed E-state index contributed by atoms with van der Waals surface area (Å²) in [5.74, 6) is 0.142. The van der Waals surface area contributed by atoms with Crippen molar-refractivity contribution < 1.29 is 30.9 Å². The third-order valence-corrected chi connectivity index (χ3v) is 8.66. The van der Waals surface area contributed by atoms with Crippen molar-refractivity contribution in [2.24, 2.45) is 0 Å². The SMILES string of the molecule is CCOC(=O)CC1CCc2c1[nH]c1ccc(-c3noc(-c4cc(S(C)(=O)=O)cc(S(C)(=O)=O)c4)n3)cc21. The van der Waals surface area contributed by atoms with Gasteiger partial charge in [-0.3, -0.25) is 4.79 Å². The fourth-order valence-corrected chi connectivity index (χ4v) is 6.13. The summed E-state index contributed by atoms with van der Waals surface area (Å²) in [6.45, 7) is 2.15. The Kier molecular flexibility index (Phi) is 6.19. The molecule has 4 aromatic rings. The van der Waals surface area contributed by atoms with Crippen LogP contribution in [0.3, 0.4) is 0 Å². The number of aromatic amines is 1. The molecule has 0 spiro atoms. The maximum atomic E-state index is 12.1. The van der Waals surface area contributed by atoms with Gasteiger partial charge in [-0.25, -0.2) is 16.8 Å². The standard InChI is InChI=1S/C25H25N3O7S2/c1-4-34-22(29)12-14-5-7-19-20-11-15(6-8-21(20)26-23(14)19)24-27-25(35-28-24)16-9-17(36(2,30)31)13-18(10-16)37(3,32)33/h6,8-11,13-14,26H,4-5,7,12H2,1-3H3. The summed E-state index contributed by atoms with van der Waals surface area (Å²) in [7, 11) is -7.38. The van der Waals surface area contributed by atoms with E-state index in [1.54, 1.807) is 6.92 Å². The zero-order chi connectivity index (χ0) is 26.5. The summed E-state index contributed by atoms with van der Waals surface area (Å²) >= 11 is 0. The summed E-state index contributed by atoms with van der Waals surface area (Å²) in [5, 5.41) is 5.05. The molecule has 0 bridgehead atoms. The van der Waals surface area contributed by atoms with Crippen LogP contribution < -0.4 is 0 Å². The van der Waals surface area contributed by atoms with Gasteiger partial charge in [0.2, 0.25) is 5.82 Å². The number of aryl methyl sites for hydroxylation is 1. The van der Waals surface area contributed by atoms with Gasteiger partial charge in [0.25, 0.3) is 5.89 Å². The number of carbonyl (C=O) groups is 1. The monoisotopic (exact) mass is 543 g/mol. The van der Waals surface area contributed by atoms with Gasteiger partial charge in [-0.15, -0.1) is 0 Å². The van der Waals surface area contributed by atoms with E-state index < -0.39 is 19.7 Å². The molecule has 2 aromatic carbocycles. The van der Waals surface area contributed by atoms with Gasteiger partial charge in [-0.1, -0.05) is 5.16 Å². The van der Waals surface area contributed by atoms with Crippen molar-refractivity contribution >= 4 is 36.5 Å². The van der Waals surface area contributed by atoms with Crippen molar-refractivity contribution in [2.45, 2.75) is 41.9 Å². The molecule has 1 aliphatic carbocycles. The largest absolute Gasteiger partial charge is 0.466 e. The van der Waals surface area contributed by atoms with E-state index in [1.165, 1.54) is 12.1 Å². The predicted molar refractivity (Wildman–Crippen MR) is 136 cm³/mol. The van der Waals surface area contributed by atoms with Crippen LogP contribution in [0.4, 0.5) is 0 Å². The van der Waals surface area contributed by atoms with Gasteiger partial charge in [-0.05, 0) is 61.7 Å². The Morgan fingerprint density at radius 1 is 1.05 bits per heavy atom. The second kappa shape index (κ2) is 9.10. The number of H-pyrrole nitrogens is 1. The number of rotatable bonds is 7. The first-order valence-electron chi connectivity index (χ1n) is 11.6. The molecule has 0 fully saturated rings. The minimum atomic E-state index is -3.69. The average molecular weight is 544 g/mol. The Labute approximate surface area is 213 Å². The first-order chi connectivity index (χ1) is 17.4. The molecule has 10 nitrogen and oxygen atoms in total. The van der Waals surface area contributed by atoms with E-state index in [1.807, 2.05) is 18.2 Å². The van der Waals surface area contributed by atoms with Gasteiger partial charge >= 0.3 is 5.97 Å². The molecule has 0 aliphatic heterocycles. The second-order valence-electron chi connectivity index (χ2n) is 9.18. The lowest BCUT2D eigenvalue weighted by molar-refractivity contribution is -0.143. The zero-order valence-electron chi connectivity index (χ0n) is 20.4. The highest BCUT2D eigenvalue weighted by atomic mass is 32.2. The van der Waals surface area contributed by atoms with Gasteiger partial charge in [0.1, 0.15) is 0 Å². The van der Waals surface area contributed by atoms with E-state index >= 15 is 0 Å². The highest BCUT2D eigenvalue weighted by Crippen LogP contribution is 2.40. The van der Waals surface area contributed by atoms with Crippen molar-refractivity contribution in [2.75, 3.05) is 19.1 Å². The lowest BCUT2D eigenvalue weighted by Gasteiger charge is -2.08. The molecule has 0 radical (unpaired) electrons. The average Bonchev–Trinajstić information content (AvgIpc) is 3.54. The van der Waals surface area contributed by atoms with Gasteiger partial charge in [0, 0.05) is 46.2 Å². The molecular weight excluding hydrogens is 518 g/mol. The van der Waals surface area contributed by atoms with E-state index in [9.17, 15) is 21.6 Å². The molecule has 2 aromatic heterocycles. The molecule has 12 heteroatoms. The first kappa shape index (κ1) is 25.2. The van der Waals surface area contributed by atoms with E-state index in [-0.39, 0.29) is 39.0 Å². The maximum Gasteiger partial charge on any atom is 0.306 e. The third-order valence-electron chi connectivity index (χ3n) is 6.48. The van der Waals surface area contributed by atoms with Gasteiger partial charge in [0.05, 0.1) is 22.8 Å². The Hall–Kier alpha value is -3.51. The Morgan fingerprint density at radius 3 is 2.41 bits per heavy atom. The number of nitrogens with one attached hydrogen (secondary N) is 1. The number of aromatic nitrogens is 3.